The van der Waals surface area contributed by atoms with Crippen LogP contribution in [0.15, 0.2) is 58.5 Å². The van der Waals surface area contributed by atoms with Crippen LogP contribution >= 0.6 is 0 Å². The van der Waals surface area contributed by atoms with Gasteiger partial charge in [0.05, 0.1) is 23.6 Å². The van der Waals surface area contributed by atoms with Gasteiger partial charge in [0, 0.05) is 43.9 Å². The highest BCUT2D eigenvalue weighted by Gasteiger charge is 2.33. The number of aliphatic hydroxyl groups is 1. The van der Waals surface area contributed by atoms with E-state index >= 15 is 0 Å². The SMILES string of the molecule is CNCCCCCCNC1=C2C[C@@H](C)CC(OC)C(O)[C@@H](C)/C=C(\C)[C@H](OC(N)=O)C(OC)/C=C\C=C(/C)C(=O)NC(=CC1=O)C2=O. The Morgan fingerprint density at radius 3 is 2.36 bits per heavy atom. The van der Waals surface area contributed by atoms with Crippen molar-refractivity contribution in [2.45, 2.75) is 90.6 Å². The molecular weight excluding hydrogens is 604 g/mol. The summed E-state index contributed by atoms with van der Waals surface area (Å²) in [4.78, 5) is 52.1. The summed E-state index contributed by atoms with van der Waals surface area (Å²) >= 11 is 0. The van der Waals surface area contributed by atoms with Gasteiger partial charge in [-0.2, -0.15) is 0 Å². The molecule has 0 radical (unpaired) electrons. The van der Waals surface area contributed by atoms with Gasteiger partial charge in [-0.1, -0.05) is 51.0 Å². The van der Waals surface area contributed by atoms with Crippen molar-refractivity contribution in [1.29, 1.82) is 0 Å². The van der Waals surface area contributed by atoms with Crippen molar-refractivity contribution >= 4 is 23.6 Å². The first kappa shape index (κ1) is 39.6. The third kappa shape index (κ3) is 12.2. The first-order valence-corrected chi connectivity index (χ1v) is 16.3. The summed E-state index contributed by atoms with van der Waals surface area (Å²) in [5, 5.41) is 20.3. The minimum absolute atomic E-state index is 0.101. The molecule has 0 aromatic carbocycles. The molecular formula is C35H54N4O8. The highest BCUT2D eigenvalue weighted by atomic mass is 16.6. The Bertz CT molecular complexity index is 1270. The van der Waals surface area contributed by atoms with Gasteiger partial charge in [-0.05, 0) is 64.6 Å². The standard InChI is InChI=1S/C35H54N4O8/c1-21-17-25-30(38-16-11-9-8-10-15-37-5)27(40)20-26(32(25)42)39-34(43)22(2)13-12-14-28(45-6)33(47-35(36)44)24(4)19-23(3)31(41)29(18-21)46-7/h12-14,19-21,23,28-29,31,33,37-38,41H,8-11,15-18H2,1-7H3,(H2,36,44)(H,39,43)/b14-12-,22-13+,24-19+/t21-,23+,28?,29?,31?,33+/m1/s1. The molecule has 2 rings (SSSR count). The van der Waals surface area contributed by atoms with E-state index in [4.69, 9.17) is 19.9 Å². The molecule has 1 aliphatic heterocycles. The maximum atomic E-state index is 13.8. The number of Topliss-reactive ketones (excluding diaryl/α,β-unsaturated/α-hetero) is 1. The van der Waals surface area contributed by atoms with Crippen molar-refractivity contribution in [1.82, 2.24) is 16.0 Å². The molecule has 3 unspecified atom stereocenters. The monoisotopic (exact) mass is 658 g/mol. The molecule has 6 atom stereocenters. The maximum absolute atomic E-state index is 13.8. The van der Waals surface area contributed by atoms with E-state index in [1.165, 1.54) is 26.4 Å². The Morgan fingerprint density at radius 2 is 1.74 bits per heavy atom. The van der Waals surface area contributed by atoms with Gasteiger partial charge in [0.1, 0.15) is 6.10 Å². The lowest BCUT2D eigenvalue weighted by molar-refractivity contribution is -0.120. The predicted octanol–water partition coefficient (Wildman–Crippen LogP) is 3.13. The van der Waals surface area contributed by atoms with Crippen LogP contribution in [0.3, 0.4) is 0 Å². The van der Waals surface area contributed by atoms with Gasteiger partial charge in [-0.15, -0.1) is 0 Å². The summed E-state index contributed by atoms with van der Waals surface area (Å²) in [5.41, 5.74) is 6.65. The number of hydrogen-bond acceptors (Lipinski definition) is 10. The third-order valence-electron chi connectivity index (χ3n) is 8.45. The molecule has 0 aromatic heterocycles. The number of nitrogens with two attached hydrogens (primary N) is 1. The Morgan fingerprint density at radius 1 is 1.06 bits per heavy atom. The van der Waals surface area contributed by atoms with Crippen molar-refractivity contribution in [2.24, 2.45) is 17.6 Å². The number of amides is 2. The zero-order valence-electron chi connectivity index (χ0n) is 28.9. The number of carbonyl (C=O) groups excluding carboxylic acids is 4. The van der Waals surface area contributed by atoms with Gasteiger partial charge < -0.3 is 41.0 Å². The molecule has 0 saturated heterocycles. The van der Waals surface area contributed by atoms with Crippen molar-refractivity contribution in [3.8, 4) is 0 Å². The number of methoxy groups -OCH3 is 2. The number of carbonyl (C=O) groups is 4. The molecule has 0 spiro atoms. The minimum atomic E-state index is -0.995. The van der Waals surface area contributed by atoms with E-state index < -0.39 is 48.1 Å². The fourth-order valence-electron chi connectivity index (χ4n) is 5.77. The second-order valence-corrected chi connectivity index (χ2v) is 12.4. The summed E-state index contributed by atoms with van der Waals surface area (Å²) in [5.74, 6) is -2.00. The van der Waals surface area contributed by atoms with Crippen LogP contribution in [0.25, 0.3) is 0 Å². The average molecular weight is 659 g/mol. The summed E-state index contributed by atoms with van der Waals surface area (Å²) in [7, 11) is 4.87. The van der Waals surface area contributed by atoms with Crippen molar-refractivity contribution in [3.05, 3.63) is 58.5 Å². The molecule has 0 aromatic rings. The quantitative estimate of drug-likeness (QED) is 0.126. The van der Waals surface area contributed by atoms with E-state index in [9.17, 15) is 24.3 Å². The number of nitrogens with one attached hydrogen (secondary N) is 3. The Kier molecular flexibility index (Phi) is 16.8. The summed E-state index contributed by atoms with van der Waals surface area (Å²) in [6, 6.07) is 0. The zero-order valence-corrected chi connectivity index (χ0v) is 28.9. The number of allylic oxidation sites excluding steroid dienone is 4. The zero-order chi connectivity index (χ0) is 35.1. The minimum Gasteiger partial charge on any atom is -0.439 e. The van der Waals surface area contributed by atoms with E-state index in [-0.39, 0.29) is 40.7 Å². The maximum Gasteiger partial charge on any atom is 0.405 e. The van der Waals surface area contributed by atoms with Crippen molar-refractivity contribution in [2.75, 3.05) is 34.4 Å². The topological polar surface area (TPSA) is 178 Å². The number of primary amides is 1. The molecule has 1 heterocycles. The lowest BCUT2D eigenvalue weighted by atomic mass is 9.85. The largest absolute Gasteiger partial charge is 0.439 e. The molecule has 0 fully saturated rings. The van der Waals surface area contributed by atoms with Gasteiger partial charge in [0.2, 0.25) is 11.6 Å². The molecule has 12 heteroatoms. The highest BCUT2D eigenvalue weighted by molar-refractivity contribution is 6.23. The summed E-state index contributed by atoms with van der Waals surface area (Å²) in [6.45, 7) is 8.53. The fourth-order valence-corrected chi connectivity index (χ4v) is 5.77. The molecule has 2 aliphatic rings. The van der Waals surface area contributed by atoms with Gasteiger partial charge in [0.25, 0.3) is 5.91 Å². The summed E-state index contributed by atoms with van der Waals surface area (Å²) in [6.07, 6.45) is 7.89. The van der Waals surface area contributed by atoms with E-state index in [0.717, 1.165) is 32.2 Å². The van der Waals surface area contributed by atoms with Gasteiger partial charge >= 0.3 is 6.09 Å². The lowest BCUT2D eigenvalue weighted by Gasteiger charge is -2.30. The molecule has 0 saturated carbocycles. The second-order valence-electron chi connectivity index (χ2n) is 12.4. The predicted molar refractivity (Wildman–Crippen MR) is 180 cm³/mol. The first-order valence-electron chi connectivity index (χ1n) is 16.3. The number of hydrogen-bond donors (Lipinski definition) is 5. The fraction of sp³-hybridized carbons (Fsp3) is 0.600. The third-order valence-corrected chi connectivity index (χ3v) is 8.45. The van der Waals surface area contributed by atoms with Gasteiger partial charge in [0.15, 0.2) is 6.10 Å². The molecule has 262 valence electrons. The number of unbranched alkanes of at least 4 members (excludes halogenated alkanes) is 3. The van der Waals surface area contributed by atoms with E-state index in [0.29, 0.717) is 18.5 Å². The van der Waals surface area contributed by atoms with Crippen LogP contribution in [0.1, 0.15) is 66.2 Å². The van der Waals surface area contributed by atoms with E-state index in [2.05, 4.69) is 16.0 Å². The number of ether oxygens (including phenoxy) is 3. The average Bonchev–Trinajstić information content (AvgIpc) is 3.02. The molecule has 2 amide bonds. The summed E-state index contributed by atoms with van der Waals surface area (Å²) < 4.78 is 16.7. The number of ketones is 2. The number of fused-ring (bicyclic) bond motifs is 2. The lowest BCUT2D eigenvalue weighted by Crippen LogP contribution is -2.38. The van der Waals surface area contributed by atoms with Crippen LogP contribution < -0.4 is 21.7 Å². The normalized spacial score (nSPS) is 29.6. The van der Waals surface area contributed by atoms with E-state index in [1.807, 2.05) is 20.9 Å². The molecule has 1 aliphatic carbocycles. The van der Waals surface area contributed by atoms with Crippen LogP contribution in [0, 0.1) is 11.8 Å². The highest BCUT2D eigenvalue weighted by Crippen LogP contribution is 2.29. The van der Waals surface area contributed by atoms with Crippen LogP contribution in [0.2, 0.25) is 0 Å². The molecule has 12 nitrogen and oxygen atoms in total. The Hall–Kier alpha value is -3.58. The first-order chi connectivity index (χ1) is 22.3. The Balaban J connectivity index is 2.51. The van der Waals surface area contributed by atoms with Gasteiger partial charge in [-0.3, -0.25) is 14.4 Å². The van der Waals surface area contributed by atoms with E-state index in [1.54, 1.807) is 32.1 Å². The molecule has 6 N–H and O–H groups in total. The number of rotatable bonds is 11. The molecule has 47 heavy (non-hydrogen) atoms. The van der Waals surface area contributed by atoms with Crippen molar-refractivity contribution in [3.63, 3.8) is 0 Å². The van der Waals surface area contributed by atoms with Crippen LogP contribution in [0.4, 0.5) is 4.79 Å². The van der Waals surface area contributed by atoms with Gasteiger partial charge in [-0.25, -0.2) is 4.79 Å². The molecule has 2 bridgehead atoms. The Labute approximate surface area is 278 Å². The smallest absolute Gasteiger partial charge is 0.405 e. The van der Waals surface area contributed by atoms with Crippen LogP contribution in [0.5, 0.6) is 0 Å². The second kappa shape index (κ2) is 19.9. The number of aliphatic hydroxyl groups excluding tert-OH is 1. The van der Waals surface area contributed by atoms with Crippen LogP contribution in [-0.4, -0.2) is 87.4 Å². The van der Waals surface area contributed by atoms with Crippen molar-refractivity contribution < 1.29 is 38.5 Å². The van der Waals surface area contributed by atoms with Crippen LogP contribution in [-0.2, 0) is 28.6 Å².